The van der Waals surface area contributed by atoms with Crippen LogP contribution in [0.2, 0.25) is 0 Å². The minimum Gasteiger partial charge on any atom is -0.297 e. The number of hydrogen-bond donors (Lipinski definition) is 0. The van der Waals surface area contributed by atoms with Crippen LogP contribution in [-0.2, 0) is 13.1 Å². The van der Waals surface area contributed by atoms with Crippen molar-refractivity contribution in [2.45, 2.75) is 20.0 Å². The number of thiophene rings is 1. The second-order valence-electron chi connectivity index (χ2n) is 4.62. The van der Waals surface area contributed by atoms with Crippen molar-refractivity contribution in [1.29, 1.82) is 5.26 Å². The fraction of sp³-hybridized carbons (Fsp3) is 0.267. The zero-order valence-corrected chi connectivity index (χ0v) is 11.8. The Labute approximate surface area is 116 Å². The van der Waals surface area contributed by atoms with Gasteiger partial charge in [0, 0.05) is 23.5 Å². The van der Waals surface area contributed by atoms with Gasteiger partial charge in [-0.15, -0.1) is 11.3 Å². The Hall–Kier alpha value is -1.70. The minimum atomic E-state index is -0.256. The van der Waals surface area contributed by atoms with E-state index in [9.17, 15) is 4.39 Å². The van der Waals surface area contributed by atoms with Gasteiger partial charge in [-0.3, -0.25) is 4.90 Å². The lowest BCUT2D eigenvalue weighted by atomic mass is 10.1. The van der Waals surface area contributed by atoms with E-state index in [-0.39, 0.29) is 5.82 Å². The maximum atomic E-state index is 13.7. The van der Waals surface area contributed by atoms with Crippen molar-refractivity contribution in [3.8, 4) is 6.07 Å². The number of hydrogen-bond acceptors (Lipinski definition) is 3. The molecule has 1 aromatic heterocycles. The van der Waals surface area contributed by atoms with Gasteiger partial charge in [0.15, 0.2) is 0 Å². The molecule has 0 radical (unpaired) electrons. The lowest BCUT2D eigenvalue weighted by Gasteiger charge is -2.17. The van der Waals surface area contributed by atoms with Gasteiger partial charge in [0.05, 0.1) is 11.6 Å². The first kappa shape index (κ1) is 13.7. The number of rotatable bonds is 4. The molecule has 0 atom stereocenters. The number of benzene rings is 1. The molecule has 19 heavy (non-hydrogen) atoms. The average Bonchev–Trinajstić information content (AvgIpc) is 2.78. The molecule has 0 amide bonds. The van der Waals surface area contributed by atoms with Crippen LogP contribution in [0.3, 0.4) is 0 Å². The van der Waals surface area contributed by atoms with E-state index < -0.39 is 0 Å². The van der Waals surface area contributed by atoms with Crippen LogP contribution in [0, 0.1) is 24.1 Å². The molecule has 2 aromatic rings. The Morgan fingerprint density at radius 3 is 2.74 bits per heavy atom. The van der Waals surface area contributed by atoms with Gasteiger partial charge >= 0.3 is 0 Å². The summed E-state index contributed by atoms with van der Waals surface area (Å²) in [5.41, 5.74) is 2.33. The van der Waals surface area contributed by atoms with Crippen molar-refractivity contribution in [2.24, 2.45) is 0 Å². The van der Waals surface area contributed by atoms with Crippen LogP contribution in [0.15, 0.2) is 29.6 Å². The predicted molar refractivity (Wildman–Crippen MR) is 75.3 cm³/mol. The highest BCUT2D eigenvalue weighted by molar-refractivity contribution is 7.10. The molecule has 0 fully saturated rings. The Bertz CT molecular complexity index is 613. The van der Waals surface area contributed by atoms with Crippen LogP contribution >= 0.6 is 11.3 Å². The van der Waals surface area contributed by atoms with E-state index >= 15 is 0 Å². The van der Waals surface area contributed by atoms with Gasteiger partial charge in [-0.25, -0.2) is 4.39 Å². The number of nitrogens with zero attached hydrogens (tertiary/aromatic N) is 2. The zero-order valence-electron chi connectivity index (χ0n) is 11.0. The standard InChI is InChI=1S/C15H15FN2S/c1-11-5-6-19-15(11)10-18(2)9-13-7-12(8-17)3-4-14(13)16/h3-7H,9-10H2,1-2H3. The third-order valence-electron chi connectivity index (χ3n) is 3.00. The summed E-state index contributed by atoms with van der Waals surface area (Å²) in [5.74, 6) is -0.256. The van der Waals surface area contributed by atoms with Crippen LogP contribution in [0.5, 0.6) is 0 Å². The van der Waals surface area contributed by atoms with Crippen LogP contribution in [0.4, 0.5) is 4.39 Å². The SMILES string of the molecule is Cc1ccsc1CN(C)Cc1cc(C#N)ccc1F. The summed E-state index contributed by atoms with van der Waals surface area (Å²) >= 11 is 1.71. The van der Waals surface area contributed by atoms with E-state index in [2.05, 4.69) is 23.3 Å². The van der Waals surface area contributed by atoms with Gasteiger partial charge in [0.25, 0.3) is 0 Å². The highest BCUT2D eigenvalue weighted by Crippen LogP contribution is 2.19. The third-order valence-corrected chi connectivity index (χ3v) is 4.00. The van der Waals surface area contributed by atoms with Gasteiger partial charge in [-0.1, -0.05) is 0 Å². The van der Waals surface area contributed by atoms with E-state index in [4.69, 9.17) is 5.26 Å². The third kappa shape index (κ3) is 3.40. The topological polar surface area (TPSA) is 27.0 Å². The summed E-state index contributed by atoms with van der Waals surface area (Å²) < 4.78 is 13.7. The van der Waals surface area contributed by atoms with E-state index in [1.165, 1.54) is 22.6 Å². The number of halogens is 1. The molecule has 0 saturated carbocycles. The number of aryl methyl sites for hydroxylation is 1. The fourth-order valence-electron chi connectivity index (χ4n) is 1.92. The zero-order chi connectivity index (χ0) is 13.8. The molecular weight excluding hydrogens is 259 g/mol. The molecule has 0 saturated heterocycles. The predicted octanol–water partition coefficient (Wildman–Crippen LogP) is 3.70. The first-order chi connectivity index (χ1) is 9.10. The molecule has 0 unspecified atom stereocenters. The second-order valence-corrected chi connectivity index (χ2v) is 5.62. The number of nitriles is 1. The summed E-state index contributed by atoms with van der Waals surface area (Å²) in [4.78, 5) is 3.35. The van der Waals surface area contributed by atoms with E-state index in [0.717, 1.165) is 6.54 Å². The van der Waals surface area contributed by atoms with Gasteiger partial charge in [-0.05, 0) is 49.2 Å². The van der Waals surface area contributed by atoms with Crippen LogP contribution < -0.4 is 0 Å². The molecule has 2 nitrogen and oxygen atoms in total. The van der Waals surface area contributed by atoms with Crippen LogP contribution in [0.1, 0.15) is 21.6 Å². The molecular formula is C15H15FN2S. The molecule has 0 aliphatic carbocycles. The smallest absolute Gasteiger partial charge is 0.127 e. The molecule has 1 aromatic carbocycles. The van der Waals surface area contributed by atoms with Crippen molar-refractivity contribution >= 4 is 11.3 Å². The molecule has 0 aliphatic heterocycles. The largest absolute Gasteiger partial charge is 0.297 e. The summed E-state index contributed by atoms with van der Waals surface area (Å²) in [6.45, 7) is 3.37. The van der Waals surface area contributed by atoms with E-state index in [1.54, 1.807) is 17.4 Å². The summed E-state index contributed by atoms with van der Waals surface area (Å²) in [6, 6.07) is 8.61. The van der Waals surface area contributed by atoms with E-state index in [1.807, 2.05) is 13.1 Å². The molecule has 1 heterocycles. The summed E-state index contributed by atoms with van der Waals surface area (Å²) in [6.07, 6.45) is 0. The van der Waals surface area contributed by atoms with Crippen LogP contribution in [0.25, 0.3) is 0 Å². The van der Waals surface area contributed by atoms with E-state index in [0.29, 0.717) is 17.7 Å². The summed E-state index contributed by atoms with van der Waals surface area (Å²) in [7, 11) is 1.96. The van der Waals surface area contributed by atoms with Crippen molar-refractivity contribution in [2.75, 3.05) is 7.05 Å². The van der Waals surface area contributed by atoms with Crippen molar-refractivity contribution in [1.82, 2.24) is 4.90 Å². The molecule has 0 bridgehead atoms. The Morgan fingerprint density at radius 1 is 1.32 bits per heavy atom. The average molecular weight is 274 g/mol. The Morgan fingerprint density at radius 2 is 2.11 bits per heavy atom. The molecule has 4 heteroatoms. The molecule has 0 N–H and O–H groups in total. The molecule has 0 spiro atoms. The van der Waals surface area contributed by atoms with Gasteiger partial charge < -0.3 is 0 Å². The molecule has 2 rings (SSSR count). The minimum absolute atomic E-state index is 0.256. The van der Waals surface area contributed by atoms with Gasteiger partial charge in [0.2, 0.25) is 0 Å². The van der Waals surface area contributed by atoms with Crippen molar-refractivity contribution < 1.29 is 4.39 Å². The molecule has 0 aliphatic rings. The lowest BCUT2D eigenvalue weighted by molar-refractivity contribution is 0.316. The first-order valence-corrected chi connectivity index (χ1v) is 6.88. The van der Waals surface area contributed by atoms with Crippen molar-refractivity contribution in [3.63, 3.8) is 0 Å². The van der Waals surface area contributed by atoms with Gasteiger partial charge in [-0.2, -0.15) is 5.26 Å². The highest BCUT2D eigenvalue weighted by atomic mass is 32.1. The summed E-state index contributed by atoms with van der Waals surface area (Å²) in [5, 5.41) is 10.9. The Kier molecular flexibility index (Phi) is 4.31. The second kappa shape index (κ2) is 5.96. The van der Waals surface area contributed by atoms with Crippen molar-refractivity contribution in [3.05, 3.63) is 57.0 Å². The maximum Gasteiger partial charge on any atom is 0.127 e. The Balaban J connectivity index is 2.09. The quantitative estimate of drug-likeness (QED) is 0.850. The monoisotopic (exact) mass is 274 g/mol. The van der Waals surface area contributed by atoms with Crippen LogP contribution in [-0.4, -0.2) is 11.9 Å². The first-order valence-electron chi connectivity index (χ1n) is 6.00. The lowest BCUT2D eigenvalue weighted by Crippen LogP contribution is -2.18. The normalized spacial score (nSPS) is 10.7. The fourth-order valence-corrected chi connectivity index (χ4v) is 2.91. The molecule has 98 valence electrons. The van der Waals surface area contributed by atoms with Gasteiger partial charge in [0.1, 0.15) is 5.82 Å². The highest BCUT2D eigenvalue weighted by Gasteiger charge is 2.09. The maximum absolute atomic E-state index is 13.7.